The van der Waals surface area contributed by atoms with E-state index in [1.165, 1.54) is 6.08 Å². The number of rotatable bonds is 2. The lowest BCUT2D eigenvalue weighted by Crippen LogP contribution is -1.69. The fraction of sp³-hybridized carbons (Fsp3) is 0. The van der Waals surface area contributed by atoms with Gasteiger partial charge in [-0.3, -0.25) is 4.79 Å². The van der Waals surface area contributed by atoms with Crippen molar-refractivity contribution >= 4 is 24.7 Å². The molecule has 0 heterocycles. The van der Waals surface area contributed by atoms with Gasteiger partial charge in [0.1, 0.15) is 0 Å². The largest absolute Gasteiger partial charge is 0.289 e. The van der Waals surface area contributed by atoms with Crippen LogP contribution in [0.1, 0.15) is 0 Å². The summed E-state index contributed by atoms with van der Waals surface area (Å²) >= 11 is 4.44. The minimum atomic E-state index is -0.439. The van der Waals surface area contributed by atoms with Crippen molar-refractivity contribution in [1.82, 2.24) is 0 Å². The molecule has 0 rings (SSSR count). The van der Waals surface area contributed by atoms with Crippen LogP contribution in [0.25, 0.3) is 0 Å². The Morgan fingerprint density at radius 1 is 2.00 bits per heavy atom. The maximum absolute atomic E-state index is 10.00. The molecule has 0 bridgehead atoms. The van der Waals surface area contributed by atoms with Gasteiger partial charge in [-0.05, 0) is 6.08 Å². The molecule has 1 atom stereocenters. The minimum Gasteiger partial charge on any atom is -0.289 e. The van der Waals surface area contributed by atoms with Gasteiger partial charge in [-0.2, -0.15) is 0 Å². The van der Waals surface area contributed by atoms with Crippen LogP contribution in [0.3, 0.4) is 0 Å². The smallest absolute Gasteiger partial charge is 0.180 e. The van der Waals surface area contributed by atoms with Crippen molar-refractivity contribution < 1.29 is 4.79 Å². The number of hydrogen-bond donors (Lipinski definition) is 0. The van der Waals surface area contributed by atoms with Crippen molar-refractivity contribution in [2.24, 2.45) is 0 Å². The summed E-state index contributed by atoms with van der Waals surface area (Å²) in [6.07, 6.45) is 1.27. The highest BCUT2D eigenvalue weighted by molar-refractivity contribution is 8.03. The van der Waals surface area contributed by atoms with Crippen LogP contribution < -0.4 is 0 Å². The summed E-state index contributed by atoms with van der Waals surface area (Å²) in [5, 5.41) is 0. The lowest BCUT2D eigenvalue weighted by atomic mass is 10.7. The molecular weight excluding hydrogens is 115 g/mol. The molecule has 0 saturated heterocycles. The topological polar surface area (TPSA) is 17.1 Å². The third kappa shape index (κ3) is 2.31. The van der Waals surface area contributed by atoms with Gasteiger partial charge in [0.15, 0.2) is 5.52 Å². The number of allylic oxidation sites excluding steroid dienone is 1. The first-order chi connectivity index (χ1) is 2.81. The van der Waals surface area contributed by atoms with Crippen LogP contribution in [-0.2, 0) is 16.6 Å². The molecule has 0 amide bonds. The van der Waals surface area contributed by atoms with Crippen LogP contribution in [0.15, 0.2) is 12.7 Å². The molecule has 1 nitrogen and oxygen atoms in total. The summed E-state index contributed by atoms with van der Waals surface area (Å²) in [5.41, 5.74) is 0.00463. The molecular formula is C3H5OPS. The van der Waals surface area contributed by atoms with E-state index in [-0.39, 0.29) is 5.52 Å². The fourth-order valence-corrected chi connectivity index (χ4v) is 0.433. The van der Waals surface area contributed by atoms with Gasteiger partial charge in [0.2, 0.25) is 0 Å². The highest BCUT2D eigenvalue weighted by Gasteiger charge is 1.76. The molecule has 0 aliphatic heterocycles. The summed E-state index contributed by atoms with van der Waals surface area (Å²) in [5.74, 6) is 0. The molecule has 0 radical (unpaired) electrons. The molecule has 0 N–H and O–H groups in total. The van der Waals surface area contributed by atoms with Gasteiger partial charge in [0.25, 0.3) is 0 Å². The van der Waals surface area contributed by atoms with Gasteiger partial charge >= 0.3 is 0 Å². The molecule has 0 aromatic carbocycles. The van der Waals surface area contributed by atoms with Crippen LogP contribution >= 0.6 is 7.36 Å². The van der Waals surface area contributed by atoms with E-state index in [2.05, 4.69) is 18.4 Å². The molecule has 0 aromatic heterocycles. The first-order valence-electron chi connectivity index (χ1n) is 1.43. The monoisotopic (exact) mass is 120 g/mol. The van der Waals surface area contributed by atoms with E-state index in [9.17, 15) is 4.79 Å². The average molecular weight is 120 g/mol. The fourth-order valence-electron chi connectivity index (χ4n) is 0.0481. The van der Waals surface area contributed by atoms with Gasteiger partial charge in [0, 0.05) is 7.36 Å². The predicted octanol–water partition coefficient (Wildman–Crippen LogP) is 0.572. The number of carbonyl (C=O) groups excluding carboxylic acids is 1. The van der Waals surface area contributed by atoms with E-state index in [0.717, 1.165) is 0 Å². The molecule has 0 saturated carbocycles. The van der Waals surface area contributed by atoms with Crippen LogP contribution in [0.4, 0.5) is 0 Å². The highest BCUT2D eigenvalue weighted by atomic mass is 32.4. The molecule has 0 aromatic rings. The number of carbonyl (C=O) groups is 1. The van der Waals surface area contributed by atoms with E-state index in [1.807, 2.05) is 0 Å². The Balaban J connectivity index is 3.52. The van der Waals surface area contributed by atoms with Crippen molar-refractivity contribution in [2.75, 3.05) is 0 Å². The first kappa shape index (κ1) is 6.06. The van der Waals surface area contributed by atoms with Gasteiger partial charge < -0.3 is 0 Å². The maximum atomic E-state index is 10.00. The normalized spacial score (nSPS) is 9.33. The van der Waals surface area contributed by atoms with Gasteiger partial charge in [0.05, 0.1) is 0 Å². The Morgan fingerprint density at radius 3 is 2.50 bits per heavy atom. The average Bonchev–Trinajstić information content (AvgIpc) is 1.65. The molecule has 0 aliphatic rings. The third-order valence-corrected chi connectivity index (χ3v) is 1.48. The second-order valence-corrected chi connectivity index (χ2v) is 2.24. The Kier molecular flexibility index (Phi) is 3.29. The first-order valence-corrected chi connectivity index (χ1v) is 3.89. The molecule has 0 aliphatic carbocycles. The molecule has 6 heavy (non-hydrogen) atoms. The Morgan fingerprint density at radius 2 is 2.50 bits per heavy atom. The lowest BCUT2D eigenvalue weighted by molar-refractivity contribution is -0.107. The molecule has 3 heteroatoms. The van der Waals surface area contributed by atoms with Crippen molar-refractivity contribution in [1.29, 1.82) is 0 Å². The zero-order valence-corrected chi connectivity index (χ0v) is 5.15. The molecule has 0 fully saturated rings. The Labute approximate surface area is 42.9 Å². The second kappa shape index (κ2) is 3.26. The third-order valence-electron chi connectivity index (χ3n) is 0.317. The van der Waals surface area contributed by atoms with Crippen LogP contribution in [0.5, 0.6) is 0 Å². The van der Waals surface area contributed by atoms with E-state index in [0.29, 0.717) is 0 Å². The zero-order valence-electron chi connectivity index (χ0n) is 3.18. The van der Waals surface area contributed by atoms with Crippen molar-refractivity contribution in [2.45, 2.75) is 0 Å². The maximum Gasteiger partial charge on any atom is 0.180 e. The summed E-state index contributed by atoms with van der Waals surface area (Å²) in [6.45, 7) is 3.24. The Bertz CT molecular complexity index is 78.8. The second-order valence-electron chi connectivity index (χ2n) is 0.724. The summed E-state index contributed by atoms with van der Waals surface area (Å²) in [7, 11) is -0.439. The van der Waals surface area contributed by atoms with Crippen LogP contribution in [-0.4, -0.2) is 5.52 Å². The minimum absolute atomic E-state index is 0.00463. The number of hydrogen-bond acceptors (Lipinski definition) is 2. The molecule has 1 unspecified atom stereocenters. The zero-order chi connectivity index (χ0) is 4.99. The summed E-state index contributed by atoms with van der Waals surface area (Å²) < 4.78 is 0. The standard InChI is InChI=1S/C3H5OPS/c1-2-3(4)5-6/h2H,1,5H2. The van der Waals surface area contributed by atoms with Crippen LogP contribution in [0, 0.1) is 0 Å². The van der Waals surface area contributed by atoms with Gasteiger partial charge in [-0.15, -0.1) is 0 Å². The van der Waals surface area contributed by atoms with E-state index in [1.54, 1.807) is 0 Å². The van der Waals surface area contributed by atoms with Crippen molar-refractivity contribution in [3.63, 3.8) is 0 Å². The van der Waals surface area contributed by atoms with E-state index in [4.69, 9.17) is 0 Å². The lowest BCUT2D eigenvalue weighted by Gasteiger charge is -1.67. The summed E-state index contributed by atoms with van der Waals surface area (Å²) in [6, 6.07) is 0. The molecule has 0 spiro atoms. The Hall–Kier alpha value is 0.0600. The quantitative estimate of drug-likeness (QED) is 0.391. The SMILES string of the molecule is C=CC(=O)[PH2]=S. The molecule has 34 valence electrons. The van der Waals surface area contributed by atoms with Gasteiger partial charge in [-0.1, -0.05) is 18.4 Å². The summed E-state index contributed by atoms with van der Waals surface area (Å²) in [4.78, 5) is 10.00. The predicted molar refractivity (Wildman–Crippen MR) is 32.3 cm³/mol. The van der Waals surface area contributed by atoms with Gasteiger partial charge in [-0.25, -0.2) is 0 Å². The van der Waals surface area contributed by atoms with Crippen molar-refractivity contribution in [3.8, 4) is 0 Å². The van der Waals surface area contributed by atoms with E-state index >= 15 is 0 Å². The van der Waals surface area contributed by atoms with Crippen LogP contribution in [0.2, 0.25) is 0 Å². The van der Waals surface area contributed by atoms with E-state index < -0.39 is 7.36 Å². The highest BCUT2D eigenvalue weighted by Crippen LogP contribution is 1.91. The van der Waals surface area contributed by atoms with Crippen molar-refractivity contribution in [3.05, 3.63) is 12.7 Å².